The van der Waals surface area contributed by atoms with Crippen LogP contribution in [0, 0.1) is 5.82 Å². The van der Waals surface area contributed by atoms with Gasteiger partial charge in [-0.25, -0.2) is 14.4 Å². The van der Waals surface area contributed by atoms with Gasteiger partial charge in [-0.15, -0.1) is 0 Å². The monoisotopic (exact) mass is 431 g/mol. The van der Waals surface area contributed by atoms with Gasteiger partial charge in [-0.3, -0.25) is 9.36 Å². The number of rotatable bonds is 4. The van der Waals surface area contributed by atoms with Gasteiger partial charge in [0.2, 0.25) is 0 Å². The second-order valence-corrected chi connectivity index (χ2v) is 7.71. The number of nitrogens with zero attached hydrogens (tertiary/aromatic N) is 3. The molecule has 0 amide bonds. The lowest BCUT2D eigenvalue weighted by molar-refractivity contribution is 0.628. The van der Waals surface area contributed by atoms with E-state index in [0.717, 1.165) is 5.56 Å². The van der Waals surface area contributed by atoms with Crippen LogP contribution in [0.25, 0.3) is 16.7 Å². The number of hydrogen-bond acceptors (Lipinski definition) is 4. The molecule has 4 aromatic rings. The van der Waals surface area contributed by atoms with Crippen molar-refractivity contribution in [1.82, 2.24) is 14.5 Å². The fraction of sp³-hybridized carbons (Fsp3) is 0.0500. The van der Waals surface area contributed by atoms with Crippen LogP contribution < -0.4 is 5.56 Å². The fourth-order valence-corrected chi connectivity index (χ4v) is 3.97. The van der Waals surface area contributed by atoms with Gasteiger partial charge < -0.3 is 0 Å². The molecule has 2 aromatic carbocycles. The first-order valence-corrected chi connectivity index (χ1v) is 9.97. The molecule has 0 unspecified atom stereocenters. The molecule has 0 spiro atoms. The SMILES string of the molecule is O=c1c2ncccc2nc(SCc2ccc(F)c(Cl)c2)n1-c1ccc(Cl)cc1. The van der Waals surface area contributed by atoms with Gasteiger partial charge in [-0.05, 0) is 54.1 Å². The van der Waals surface area contributed by atoms with Crippen molar-refractivity contribution in [3.05, 3.63) is 92.6 Å². The summed E-state index contributed by atoms with van der Waals surface area (Å²) >= 11 is 13.2. The highest BCUT2D eigenvalue weighted by atomic mass is 35.5. The van der Waals surface area contributed by atoms with Crippen molar-refractivity contribution < 1.29 is 4.39 Å². The number of thioether (sulfide) groups is 1. The molecule has 28 heavy (non-hydrogen) atoms. The molecule has 0 aliphatic rings. The molecule has 2 aromatic heterocycles. The van der Waals surface area contributed by atoms with Crippen LogP contribution in [0.4, 0.5) is 4.39 Å². The molecule has 140 valence electrons. The minimum atomic E-state index is -0.469. The Morgan fingerprint density at radius 2 is 1.86 bits per heavy atom. The lowest BCUT2D eigenvalue weighted by Gasteiger charge is -2.13. The normalized spacial score (nSPS) is 11.1. The van der Waals surface area contributed by atoms with E-state index < -0.39 is 5.82 Å². The molecule has 0 N–H and O–H groups in total. The lowest BCUT2D eigenvalue weighted by atomic mass is 10.2. The lowest BCUT2D eigenvalue weighted by Crippen LogP contribution is -2.22. The van der Waals surface area contributed by atoms with E-state index in [1.807, 2.05) is 0 Å². The number of halogens is 3. The van der Waals surface area contributed by atoms with Crippen LogP contribution in [0.5, 0.6) is 0 Å². The van der Waals surface area contributed by atoms with E-state index in [2.05, 4.69) is 9.97 Å². The van der Waals surface area contributed by atoms with Gasteiger partial charge in [-0.1, -0.05) is 41.0 Å². The number of fused-ring (bicyclic) bond motifs is 1. The third kappa shape index (κ3) is 3.76. The van der Waals surface area contributed by atoms with E-state index in [1.54, 1.807) is 54.7 Å². The minimum absolute atomic E-state index is 0.0591. The molecule has 4 rings (SSSR count). The van der Waals surface area contributed by atoms with Crippen molar-refractivity contribution in [2.75, 3.05) is 0 Å². The van der Waals surface area contributed by atoms with E-state index >= 15 is 0 Å². The van der Waals surface area contributed by atoms with Crippen molar-refractivity contribution in [2.45, 2.75) is 10.9 Å². The quantitative estimate of drug-likeness (QED) is 0.315. The van der Waals surface area contributed by atoms with Crippen LogP contribution in [0.15, 0.2) is 70.7 Å². The topological polar surface area (TPSA) is 47.8 Å². The molecule has 0 atom stereocenters. The highest BCUT2D eigenvalue weighted by Gasteiger charge is 2.14. The van der Waals surface area contributed by atoms with E-state index in [9.17, 15) is 9.18 Å². The summed E-state index contributed by atoms with van der Waals surface area (Å²) in [5.41, 5.74) is 1.98. The van der Waals surface area contributed by atoms with E-state index in [4.69, 9.17) is 23.2 Å². The molecular formula is C20H12Cl2FN3OS. The smallest absolute Gasteiger partial charge is 0.266 e. The van der Waals surface area contributed by atoms with Crippen molar-refractivity contribution in [2.24, 2.45) is 0 Å². The van der Waals surface area contributed by atoms with Gasteiger partial charge in [0.15, 0.2) is 10.7 Å². The zero-order chi connectivity index (χ0) is 19.7. The summed E-state index contributed by atoms with van der Waals surface area (Å²) in [5.74, 6) is -0.00499. The summed E-state index contributed by atoms with van der Waals surface area (Å²) < 4.78 is 14.9. The third-order valence-corrected chi connectivity index (χ3v) is 5.59. The molecule has 0 radical (unpaired) electrons. The molecule has 0 saturated carbocycles. The number of pyridine rings is 1. The van der Waals surface area contributed by atoms with Crippen molar-refractivity contribution in [3.63, 3.8) is 0 Å². The van der Waals surface area contributed by atoms with Gasteiger partial charge in [0, 0.05) is 17.0 Å². The summed E-state index contributed by atoms with van der Waals surface area (Å²) in [7, 11) is 0. The largest absolute Gasteiger partial charge is 0.285 e. The Morgan fingerprint density at radius 1 is 1.07 bits per heavy atom. The summed E-state index contributed by atoms with van der Waals surface area (Å²) in [4.78, 5) is 21.9. The molecule has 0 aliphatic carbocycles. The summed E-state index contributed by atoms with van der Waals surface area (Å²) in [6.45, 7) is 0. The second-order valence-electron chi connectivity index (χ2n) is 5.92. The van der Waals surface area contributed by atoms with Crippen LogP contribution in [0.2, 0.25) is 10.0 Å². The van der Waals surface area contributed by atoms with Crippen molar-refractivity contribution >= 4 is 46.0 Å². The molecule has 4 nitrogen and oxygen atoms in total. The van der Waals surface area contributed by atoms with Gasteiger partial charge >= 0.3 is 0 Å². The second kappa shape index (κ2) is 7.91. The van der Waals surface area contributed by atoms with Crippen molar-refractivity contribution in [1.29, 1.82) is 0 Å². The molecule has 8 heteroatoms. The zero-order valence-electron chi connectivity index (χ0n) is 14.3. The maximum Gasteiger partial charge on any atom is 0.285 e. The highest BCUT2D eigenvalue weighted by molar-refractivity contribution is 7.98. The van der Waals surface area contributed by atoms with Gasteiger partial charge in [0.1, 0.15) is 5.82 Å². The standard InChI is InChI=1S/C20H12Cl2FN3OS/c21-13-4-6-14(7-5-13)26-19(27)18-17(2-1-9-24-18)25-20(26)28-11-12-3-8-16(23)15(22)10-12/h1-10H,11H2. The van der Waals surface area contributed by atoms with Crippen LogP contribution in [-0.4, -0.2) is 14.5 Å². The average Bonchev–Trinajstić information content (AvgIpc) is 2.70. The Hall–Kier alpha value is -2.41. The van der Waals surface area contributed by atoms with Gasteiger partial charge in [0.25, 0.3) is 5.56 Å². The van der Waals surface area contributed by atoms with Crippen LogP contribution in [0.3, 0.4) is 0 Å². The predicted octanol–water partition coefficient (Wildman–Crippen LogP) is 5.52. The summed E-state index contributed by atoms with van der Waals surface area (Å²) in [6.07, 6.45) is 1.56. The molecule has 2 heterocycles. The first kappa shape index (κ1) is 18.9. The van der Waals surface area contributed by atoms with Crippen LogP contribution in [-0.2, 0) is 5.75 Å². The molecule has 0 fully saturated rings. The third-order valence-electron chi connectivity index (χ3n) is 4.04. The van der Waals surface area contributed by atoms with Crippen molar-refractivity contribution in [3.8, 4) is 5.69 Å². The molecule has 0 aliphatic heterocycles. The predicted molar refractivity (Wildman–Crippen MR) is 111 cm³/mol. The first-order valence-electron chi connectivity index (χ1n) is 8.23. The Morgan fingerprint density at radius 3 is 2.61 bits per heavy atom. The highest BCUT2D eigenvalue weighted by Crippen LogP contribution is 2.26. The van der Waals surface area contributed by atoms with E-state index in [1.165, 1.54) is 22.4 Å². The van der Waals surface area contributed by atoms with Crippen LogP contribution >= 0.6 is 35.0 Å². The zero-order valence-corrected chi connectivity index (χ0v) is 16.6. The Labute approximate surface area is 174 Å². The number of benzene rings is 2. The molecule has 0 saturated heterocycles. The summed E-state index contributed by atoms with van der Waals surface area (Å²) in [5, 5.41) is 1.12. The summed E-state index contributed by atoms with van der Waals surface area (Å²) in [6, 6.07) is 14.9. The number of aromatic nitrogens is 3. The number of hydrogen-bond donors (Lipinski definition) is 0. The maximum absolute atomic E-state index is 13.4. The Bertz CT molecular complexity index is 1230. The fourth-order valence-electron chi connectivity index (χ4n) is 2.69. The average molecular weight is 432 g/mol. The van der Waals surface area contributed by atoms with Gasteiger partial charge in [-0.2, -0.15) is 0 Å². The minimum Gasteiger partial charge on any atom is -0.266 e. The Balaban J connectivity index is 1.81. The van der Waals surface area contributed by atoms with Gasteiger partial charge in [0.05, 0.1) is 16.2 Å². The van der Waals surface area contributed by atoms with E-state index in [0.29, 0.717) is 27.1 Å². The molecule has 0 bridgehead atoms. The first-order chi connectivity index (χ1) is 13.5. The maximum atomic E-state index is 13.4. The van der Waals surface area contributed by atoms with E-state index in [-0.39, 0.29) is 16.1 Å². The Kier molecular flexibility index (Phi) is 5.35. The van der Waals surface area contributed by atoms with Crippen LogP contribution in [0.1, 0.15) is 5.56 Å². The molecular weight excluding hydrogens is 420 g/mol.